The van der Waals surface area contributed by atoms with Crippen molar-refractivity contribution < 1.29 is 39.2 Å². The highest BCUT2D eigenvalue weighted by molar-refractivity contribution is 5.92. The predicted molar refractivity (Wildman–Crippen MR) is 110 cm³/mol. The van der Waals surface area contributed by atoms with Crippen molar-refractivity contribution in [2.45, 2.75) is 44.7 Å². The van der Waals surface area contributed by atoms with E-state index in [1.54, 1.807) is 24.3 Å². The quantitative estimate of drug-likeness (QED) is 0.323. The van der Waals surface area contributed by atoms with Crippen molar-refractivity contribution in [3.63, 3.8) is 0 Å². The summed E-state index contributed by atoms with van der Waals surface area (Å²) in [7, 11) is 0. The summed E-state index contributed by atoms with van der Waals surface area (Å²) in [6.45, 7) is 0.190. The molecule has 1 aliphatic rings. The van der Waals surface area contributed by atoms with E-state index in [9.17, 15) is 34.5 Å². The third-order valence-electron chi connectivity index (χ3n) is 5.42. The van der Waals surface area contributed by atoms with Gasteiger partial charge >= 0.3 is 0 Å². The average molecular weight is 462 g/mol. The number of anilines is 1. The fraction of sp³-hybridized carbons (Fsp3) is 0.545. The molecule has 11 heteroatoms. The molecule has 2 atom stereocenters. The summed E-state index contributed by atoms with van der Waals surface area (Å²) in [5.74, 6) is -4.16. The van der Waals surface area contributed by atoms with Gasteiger partial charge in [0, 0.05) is 37.4 Å². The zero-order valence-corrected chi connectivity index (χ0v) is 18.5. The van der Waals surface area contributed by atoms with Crippen LogP contribution < -0.4 is 25.4 Å². The number of carbonyl (C=O) groups is 4. The number of carboxylic acids is 3. The molecule has 0 spiro atoms. The smallest absolute Gasteiger partial charge is 0.238 e. The number of ether oxygens (including phenoxy) is 1. The van der Waals surface area contributed by atoms with Crippen LogP contribution in [0, 0.1) is 0 Å². The molecule has 1 amide bonds. The lowest BCUT2D eigenvalue weighted by molar-refractivity contribution is -0.313. The Labute approximate surface area is 191 Å². The van der Waals surface area contributed by atoms with E-state index >= 15 is 0 Å². The number of carboxylic acid groups (broad SMARTS) is 3. The van der Waals surface area contributed by atoms with Crippen molar-refractivity contribution in [1.29, 1.82) is 0 Å². The number of hydrogen-bond donors (Lipinski definition) is 1. The maximum atomic E-state index is 12.7. The predicted octanol–water partition coefficient (Wildman–Crippen LogP) is -2.81. The van der Waals surface area contributed by atoms with Gasteiger partial charge in [0.1, 0.15) is 5.75 Å². The standard InChI is InChI=1S/C22H31N3O8/c1-2-33-16-9-7-15(8-10-16)23-19(26)11-24(12-20(27)28)17-5-3-4-6-18(17)25(13-21(29)30)14-22(31)32/h7-10,17-18H,2-6,11-14H2,1H3,(H,23,26)(H,27,28)(H,29,30)(H,31,32)/p-3/t17-,18-/m1/s1. The molecule has 1 saturated carbocycles. The molecule has 1 fully saturated rings. The zero-order valence-electron chi connectivity index (χ0n) is 18.5. The summed E-state index contributed by atoms with van der Waals surface area (Å²) in [6, 6.07) is 5.50. The van der Waals surface area contributed by atoms with E-state index in [1.165, 1.54) is 9.80 Å². The molecular weight excluding hydrogens is 434 g/mol. The second kappa shape index (κ2) is 12.8. The van der Waals surface area contributed by atoms with Crippen molar-refractivity contribution in [1.82, 2.24) is 9.80 Å². The van der Waals surface area contributed by atoms with Crippen LogP contribution in [0.2, 0.25) is 0 Å². The lowest BCUT2D eigenvalue weighted by Crippen LogP contribution is -2.60. The Hall–Kier alpha value is -3.18. The normalized spacial score (nSPS) is 18.2. The van der Waals surface area contributed by atoms with Gasteiger partial charge in [-0.2, -0.15) is 0 Å². The van der Waals surface area contributed by atoms with Crippen molar-refractivity contribution in [3.05, 3.63) is 24.3 Å². The minimum absolute atomic E-state index is 0.299. The minimum atomic E-state index is -1.46. The second-order valence-corrected chi connectivity index (χ2v) is 7.85. The topological polar surface area (TPSA) is 165 Å². The van der Waals surface area contributed by atoms with Gasteiger partial charge in [-0.3, -0.25) is 14.6 Å². The van der Waals surface area contributed by atoms with Gasteiger partial charge in [-0.25, -0.2) is 0 Å². The Balaban J connectivity index is 2.17. The molecule has 0 aromatic heterocycles. The molecule has 11 nitrogen and oxygen atoms in total. The third-order valence-corrected chi connectivity index (χ3v) is 5.42. The lowest BCUT2D eigenvalue weighted by Gasteiger charge is -2.45. The first-order valence-electron chi connectivity index (χ1n) is 10.8. The first-order valence-corrected chi connectivity index (χ1v) is 10.8. The summed E-state index contributed by atoms with van der Waals surface area (Å²) in [6.07, 6.45) is 2.32. The molecule has 1 aliphatic carbocycles. The number of nitrogens with one attached hydrogen (secondary N) is 1. The molecule has 0 radical (unpaired) electrons. The summed E-state index contributed by atoms with van der Waals surface area (Å²) >= 11 is 0. The largest absolute Gasteiger partial charge is 0.549 e. The van der Waals surface area contributed by atoms with E-state index in [-0.39, 0.29) is 6.54 Å². The highest BCUT2D eigenvalue weighted by Crippen LogP contribution is 2.27. The SMILES string of the molecule is CCOc1ccc(NC(=O)CN(CC(=O)[O-])[C@@H]2CCCC[C@H]2N(CC(=O)[O-])CC(=O)[O-])cc1. The number of nitrogens with zero attached hydrogens (tertiary/aromatic N) is 2. The number of rotatable bonds is 13. The molecule has 0 bridgehead atoms. The first-order chi connectivity index (χ1) is 15.7. The van der Waals surface area contributed by atoms with Crippen LogP contribution >= 0.6 is 0 Å². The number of amides is 1. The molecule has 1 N–H and O–H groups in total. The zero-order chi connectivity index (χ0) is 24.4. The van der Waals surface area contributed by atoms with Crippen LogP contribution in [-0.2, 0) is 19.2 Å². The number of aliphatic carboxylic acids is 3. The van der Waals surface area contributed by atoms with Crippen molar-refractivity contribution in [3.8, 4) is 5.75 Å². The minimum Gasteiger partial charge on any atom is -0.549 e. The van der Waals surface area contributed by atoms with Gasteiger partial charge in [-0.05, 0) is 44.0 Å². The van der Waals surface area contributed by atoms with E-state index in [4.69, 9.17) is 4.74 Å². The van der Waals surface area contributed by atoms with Crippen molar-refractivity contribution in [2.75, 3.05) is 38.1 Å². The maximum Gasteiger partial charge on any atom is 0.238 e. The van der Waals surface area contributed by atoms with Crippen molar-refractivity contribution in [2.24, 2.45) is 0 Å². The molecule has 0 heterocycles. The molecule has 1 aromatic rings. The number of carbonyl (C=O) groups excluding carboxylic acids is 4. The van der Waals surface area contributed by atoms with Crippen LogP contribution in [0.25, 0.3) is 0 Å². The van der Waals surface area contributed by atoms with Crippen LogP contribution in [0.4, 0.5) is 5.69 Å². The molecule has 0 saturated heterocycles. The van der Waals surface area contributed by atoms with Gasteiger partial charge in [-0.1, -0.05) is 12.8 Å². The van der Waals surface area contributed by atoms with Crippen molar-refractivity contribution >= 4 is 29.5 Å². The summed E-state index contributed by atoms with van der Waals surface area (Å²) < 4.78 is 5.35. The Bertz CT molecular complexity index is 813. The van der Waals surface area contributed by atoms with Crippen LogP contribution in [-0.4, -0.2) is 78.5 Å². The highest BCUT2D eigenvalue weighted by Gasteiger charge is 2.35. The maximum absolute atomic E-state index is 12.7. The molecule has 1 aromatic carbocycles. The molecule has 2 rings (SSSR count). The highest BCUT2D eigenvalue weighted by atomic mass is 16.5. The Morgan fingerprint density at radius 1 is 0.848 bits per heavy atom. The lowest BCUT2D eigenvalue weighted by atomic mass is 9.87. The Morgan fingerprint density at radius 2 is 1.30 bits per heavy atom. The van der Waals surface area contributed by atoms with E-state index in [0.29, 0.717) is 37.3 Å². The summed E-state index contributed by atoms with van der Waals surface area (Å²) in [5.41, 5.74) is 0.493. The Morgan fingerprint density at radius 3 is 1.73 bits per heavy atom. The van der Waals surface area contributed by atoms with Gasteiger partial charge in [-0.15, -0.1) is 0 Å². The average Bonchev–Trinajstić information content (AvgIpc) is 2.73. The monoisotopic (exact) mass is 462 g/mol. The molecule has 182 valence electrons. The molecule has 0 unspecified atom stereocenters. The summed E-state index contributed by atoms with van der Waals surface area (Å²) in [4.78, 5) is 49.0. The second-order valence-electron chi connectivity index (χ2n) is 7.85. The number of benzene rings is 1. The van der Waals surface area contributed by atoms with Gasteiger partial charge in [0.2, 0.25) is 5.91 Å². The van der Waals surface area contributed by atoms with Gasteiger partial charge in [0.15, 0.2) is 0 Å². The van der Waals surface area contributed by atoms with E-state index in [2.05, 4.69) is 5.32 Å². The Kier molecular flexibility index (Phi) is 10.1. The summed E-state index contributed by atoms with van der Waals surface area (Å²) in [5, 5.41) is 36.4. The first kappa shape index (κ1) is 26.1. The van der Waals surface area contributed by atoms with Crippen LogP contribution in [0.1, 0.15) is 32.6 Å². The van der Waals surface area contributed by atoms with Gasteiger partial charge in [0.25, 0.3) is 0 Å². The van der Waals surface area contributed by atoms with Gasteiger partial charge in [0.05, 0.1) is 31.1 Å². The number of hydrogen-bond acceptors (Lipinski definition) is 10. The van der Waals surface area contributed by atoms with E-state index in [0.717, 1.165) is 6.42 Å². The van der Waals surface area contributed by atoms with E-state index < -0.39 is 55.5 Å². The van der Waals surface area contributed by atoms with Gasteiger partial charge < -0.3 is 39.8 Å². The molecule has 33 heavy (non-hydrogen) atoms. The van der Waals surface area contributed by atoms with Crippen LogP contribution in [0.3, 0.4) is 0 Å². The van der Waals surface area contributed by atoms with Crippen LogP contribution in [0.5, 0.6) is 5.75 Å². The fourth-order valence-electron chi connectivity index (χ4n) is 4.21. The third kappa shape index (κ3) is 8.70. The molecule has 0 aliphatic heterocycles. The van der Waals surface area contributed by atoms with E-state index in [1.807, 2.05) is 6.92 Å². The molecular formula is C22H28N3O8-3. The fourth-order valence-corrected chi connectivity index (χ4v) is 4.21. The van der Waals surface area contributed by atoms with Crippen LogP contribution in [0.15, 0.2) is 24.3 Å².